The van der Waals surface area contributed by atoms with Crippen molar-refractivity contribution in [3.63, 3.8) is 0 Å². The van der Waals surface area contributed by atoms with E-state index in [1.165, 1.54) is 0 Å². The fraction of sp³-hybridized carbons (Fsp3) is 0.353. The van der Waals surface area contributed by atoms with Crippen molar-refractivity contribution >= 4 is 22.5 Å². The standard InChI is InChI=1S/C17H21N7/c1-23-5-2-6-24(8-7-23)17-16(18)19-11-15(21-17)12-3-4-14-13(9-12)10-20-22-14/h3-4,9-11H,2,5-8H2,1H3,(H2,18,19)(H,20,22). The van der Waals surface area contributed by atoms with Crippen LogP contribution in [-0.4, -0.2) is 58.3 Å². The van der Waals surface area contributed by atoms with E-state index in [1.807, 2.05) is 18.3 Å². The number of aromatic amines is 1. The number of hydrogen-bond acceptors (Lipinski definition) is 6. The second-order valence-electron chi connectivity index (χ2n) is 6.28. The number of nitrogens with two attached hydrogens (primary N) is 1. The number of nitrogen functional groups attached to an aromatic ring is 1. The summed E-state index contributed by atoms with van der Waals surface area (Å²) in [7, 11) is 2.15. The molecule has 0 amide bonds. The Labute approximate surface area is 140 Å². The number of rotatable bonds is 2. The SMILES string of the molecule is CN1CCCN(c2nc(-c3ccc4[nH]ncc4c3)cnc2N)CC1. The highest BCUT2D eigenvalue weighted by Gasteiger charge is 2.17. The quantitative estimate of drug-likeness (QED) is 0.747. The third-order valence-corrected chi connectivity index (χ3v) is 4.54. The number of aromatic nitrogens is 4. The van der Waals surface area contributed by atoms with E-state index in [0.29, 0.717) is 5.82 Å². The van der Waals surface area contributed by atoms with E-state index in [2.05, 4.69) is 38.1 Å². The van der Waals surface area contributed by atoms with Gasteiger partial charge in [-0.05, 0) is 32.1 Å². The molecule has 1 fully saturated rings. The maximum Gasteiger partial charge on any atom is 0.172 e. The molecule has 4 rings (SSSR count). The molecule has 3 heterocycles. The lowest BCUT2D eigenvalue weighted by atomic mass is 10.1. The molecule has 2 aromatic heterocycles. The second-order valence-corrected chi connectivity index (χ2v) is 6.28. The number of H-pyrrole nitrogens is 1. The zero-order valence-corrected chi connectivity index (χ0v) is 13.7. The molecule has 124 valence electrons. The molecule has 1 aromatic carbocycles. The van der Waals surface area contributed by atoms with Gasteiger partial charge in [0.2, 0.25) is 0 Å². The fourth-order valence-electron chi connectivity index (χ4n) is 3.12. The number of fused-ring (bicyclic) bond motifs is 1. The Kier molecular flexibility index (Phi) is 3.78. The number of nitrogens with zero attached hydrogens (tertiary/aromatic N) is 5. The van der Waals surface area contributed by atoms with E-state index in [4.69, 9.17) is 10.7 Å². The van der Waals surface area contributed by atoms with Crippen LogP contribution in [0, 0.1) is 0 Å². The van der Waals surface area contributed by atoms with E-state index in [0.717, 1.165) is 60.6 Å². The average molecular weight is 323 g/mol. The molecule has 3 aromatic rings. The number of likely N-dealkylation sites (N-methyl/N-ethyl adjacent to an activating group) is 1. The highest BCUT2D eigenvalue weighted by Crippen LogP contribution is 2.26. The van der Waals surface area contributed by atoms with E-state index >= 15 is 0 Å². The predicted octanol–water partition coefficient (Wildman–Crippen LogP) is 1.74. The van der Waals surface area contributed by atoms with Gasteiger partial charge >= 0.3 is 0 Å². The second kappa shape index (κ2) is 6.09. The van der Waals surface area contributed by atoms with Crippen LogP contribution in [0.25, 0.3) is 22.2 Å². The largest absolute Gasteiger partial charge is 0.381 e. The molecular weight excluding hydrogens is 302 g/mol. The van der Waals surface area contributed by atoms with E-state index in [9.17, 15) is 0 Å². The summed E-state index contributed by atoms with van der Waals surface area (Å²) < 4.78 is 0. The third-order valence-electron chi connectivity index (χ3n) is 4.54. The zero-order chi connectivity index (χ0) is 16.5. The van der Waals surface area contributed by atoms with Gasteiger partial charge in [0.25, 0.3) is 0 Å². The Morgan fingerprint density at radius 1 is 1.12 bits per heavy atom. The summed E-state index contributed by atoms with van der Waals surface area (Å²) in [5.74, 6) is 1.28. The molecule has 0 bridgehead atoms. The first-order valence-electron chi connectivity index (χ1n) is 8.20. The molecular formula is C17H21N7. The van der Waals surface area contributed by atoms with Crippen LogP contribution >= 0.6 is 0 Å². The van der Waals surface area contributed by atoms with Crippen molar-refractivity contribution in [3.8, 4) is 11.3 Å². The predicted molar refractivity (Wildman–Crippen MR) is 95.9 cm³/mol. The first-order chi connectivity index (χ1) is 11.7. The van der Waals surface area contributed by atoms with Crippen molar-refractivity contribution in [3.05, 3.63) is 30.6 Å². The van der Waals surface area contributed by atoms with Gasteiger partial charge in [0.1, 0.15) is 0 Å². The topological polar surface area (TPSA) is 87.0 Å². The summed E-state index contributed by atoms with van der Waals surface area (Å²) >= 11 is 0. The van der Waals surface area contributed by atoms with E-state index in [1.54, 1.807) is 6.20 Å². The maximum absolute atomic E-state index is 6.11. The van der Waals surface area contributed by atoms with Crippen LogP contribution in [-0.2, 0) is 0 Å². The lowest BCUT2D eigenvalue weighted by Gasteiger charge is -2.23. The van der Waals surface area contributed by atoms with Crippen LogP contribution < -0.4 is 10.6 Å². The number of hydrogen-bond donors (Lipinski definition) is 2. The normalized spacial score (nSPS) is 16.5. The lowest BCUT2D eigenvalue weighted by Crippen LogP contribution is -2.30. The van der Waals surface area contributed by atoms with E-state index in [-0.39, 0.29) is 0 Å². The number of benzene rings is 1. The minimum Gasteiger partial charge on any atom is -0.381 e. The summed E-state index contributed by atoms with van der Waals surface area (Å²) in [6.07, 6.45) is 4.65. The van der Waals surface area contributed by atoms with Crippen molar-refractivity contribution in [1.82, 2.24) is 25.1 Å². The molecule has 0 unspecified atom stereocenters. The molecule has 1 saturated heterocycles. The van der Waals surface area contributed by atoms with Crippen molar-refractivity contribution in [2.24, 2.45) is 0 Å². The monoisotopic (exact) mass is 323 g/mol. The average Bonchev–Trinajstić information content (AvgIpc) is 2.96. The summed E-state index contributed by atoms with van der Waals surface area (Å²) in [4.78, 5) is 13.8. The maximum atomic E-state index is 6.11. The molecule has 3 N–H and O–H groups in total. The van der Waals surface area contributed by atoms with Crippen LogP contribution in [0.3, 0.4) is 0 Å². The molecule has 7 heteroatoms. The smallest absolute Gasteiger partial charge is 0.172 e. The van der Waals surface area contributed by atoms with Crippen LogP contribution in [0.4, 0.5) is 11.6 Å². The summed E-state index contributed by atoms with van der Waals surface area (Å²) in [5, 5.41) is 8.09. The van der Waals surface area contributed by atoms with Gasteiger partial charge in [-0.1, -0.05) is 6.07 Å². The van der Waals surface area contributed by atoms with Crippen LogP contribution in [0.15, 0.2) is 30.6 Å². The molecule has 0 radical (unpaired) electrons. The summed E-state index contributed by atoms with van der Waals surface area (Å²) in [5.41, 5.74) is 8.98. The van der Waals surface area contributed by atoms with Gasteiger partial charge in [-0.15, -0.1) is 0 Å². The Morgan fingerprint density at radius 2 is 2.04 bits per heavy atom. The Bertz CT molecular complexity index is 857. The van der Waals surface area contributed by atoms with Crippen molar-refractivity contribution < 1.29 is 0 Å². The number of nitrogens with one attached hydrogen (secondary N) is 1. The van der Waals surface area contributed by atoms with Gasteiger partial charge in [-0.3, -0.25) is 5.10 Å². The summed E-state index contributed by atoms with van der Waals surface area (Å²) in [6.45, 7) is 3.97. The van der Waals surface area contributed by atoms with Crippen LogP contribution in [0.5, 0.6) is 0 Å². The summed E-state index contributed by atoms with van der Waals surface area (Å²) in [6, 6.07) is 6.11. The highest BCUT2D eigenvalue weighted by molar-refractivity contribution is 5.83. The first-order valence-corrected chi connectivity index (χ1v) is 8.20. The Balaban J connectivity index is 1.69. The third kappa shape index (κ3) is 2.78. The lowest BCUT2D eigenvalue weighted by molar-refractivity contribution is 0.360. The Hall–Kier alpha value is -2.67. The van der Waals surface area contributed by atoms with E-state index < -0.39 is 0 Å². The molecule has 7 nitrogen and oxygen atoms in total. The Morgan fingerprint density at radius 3 is 2.96 bits per heavy atom. The molecule has 0 spiro atoms. The van der Waals surface area contributed by atoms with Gasteiger partial charge in [-0.25, -0.2) is 9.97 Å². The van der Waals surface area contributed by atoms with Gasteiger partial charge < -0.3 is 15.5 Å². The molecule has 0 atom stereocenters. The van der Waals surface area contributed by atoms with Gasteiger partial charge in [0, 0.05) is 30.6 Å². The minimum atomic E-state index is 0.493. The van der Waals surface area contributed by atoms with Crippen molar-refractivity contribution in [2.45, 2.75) is 6.42 Å². The molecule has 0 aliphatic carbocycles. The van der Waals surface area contributed by atoms with Crippen molar-refractivity contribution in [2.75, 3.05) is 43.9 Å². The molecule has 1 aliphatic rings. The fourth-order valence-corrected chi connectivity index (χ4v) is 3.12. The molecule has 0 saturated carbocycles. The van der Waals surface area contributed by atoms with Gasteiger partial charge in [0.05, 0.1) is 23.6 Å². The first kappa shape index (κ1) is 14.9. The van der Waals surface area contributed by atoms with Gasteiger partial charge in [0.15, 0.2) is 11.6 Å². The van der Waals surface area contributed by atoms with Crippen LogP contribution in [0.2, 0.25) is 0 Å². The number of anilines is 2. The van der Waals surface area contributed by atoms with Crippen LogP contribution in [0.1, 0.15) is 6.42 Å². The minimum absolute atomic E-state index is 0.493. The van der Waals surface area contributed by atoms with Crippen molar-refractivity contribution in [1.29, 1.82) is 0 Å². The molecule has 1 aliphatic heterocycles. The molecule has 24 heavy (non-hydrogen) atoms. The highest BCUT2D eigenvalue weighted by atomic mass is 15.3. The zero-order valence-electron chi connectivity index (χ0n) is 13.7. The van der Waals surface area contributed by atoms with Gasteiger partial charge in [-0.2, -0.15) is 5.10 Å².